The Morgan fingerprint density at radius 1 is 1.52 bits per heavy atom. The van der Waals surface area contributed by atoms with Gasteiger partial charge in [-0.05, 0) is 25.0 Å². The van der Waals surface area contributed by atoms with Gasteiger partial charge in [0.15, 0.2) is 0 Å². The van der Waals surface area contributed by atoms with E-state index >= 15 is 0 Å². The second-order valence-corrected chi connectivity index (χ2v) is 7.32. The lowest BCUT2D eigenvalue weighted by atomic mass is 10.2. The number of carbonyl (C=O) groups is 1. The van der Waals surface area contributed by atoms with Gasteiger partial charge in [-0.1, -0.05) is 17.7 Å². The summed E-state index contributed by atoms with van der Waals surface area (Å²) in [6.45, 7) is 0.580. The number of benzene rings is 1. The fraction of sp³-hybridized carbons (Fsp3) is 0.462. The zero-order valence-corrected chi connectivity index (χ0v) is 13.0. The van der Waals surface area contributed by atoms with Crippen molar-refractivity contribution in [1.82, 2.24) is 9.62 Å². The molecule has 1 aliphatic heterocycles. The first-order valence-corrected chi connectivity index (χ1v) is 8.72. The molecule has 1 unspecified atom stereocenters. The highest BCUT2D eigenvalue weighted by atomic mass is 35.5. The van der Waals surface area contributed by atoms with Gasteiger partial charge in [-0.25, -0.2) is 12.8 Å². The van der Waals surface area contributed by atoms with Crippen LogP contribution in [0.25, 0.3) is 0 Å². The van der Waals surface area contributed by atoms with Gasteiger partial charge in [-0.15, -0.1) is 0 Å². The van der Waals surface area contributed by atoms with Crippen LogP contribution in [0.2, 0.25) is 5.02 Å². The van der Waals surface area contributed by atoms with Crippen LogP contribution in [-0.2, 0) is 10.0 Å². The van der Waals surface area contributed by atoms with Crippen LogP contribution < -0.4 is 5.32 Å². The largest absolute Gasteiger partial charge is 0.350 e. The predicted octanol–water partition coefficient (Wildman–Crippen LogP) is 1.63. The Kier molecular flexibility index (Phi) is 4.85. The van der Waals surface area contributed by atoms with Gasteiger partial charge in [-0.2, -0.15) is 4.31 Å². The molecule has 1 amide bonds. The first kappa shape index (κ1) is 16.2. The molecule has 8 heteroatoms. The Morgan fingerprint density at radius 2 is 2.24 bits per heavy atom. The lowest BCUT2D eigenvalue weighted by Gasteiger charge is -2.22. The van der Waals surface area contributed by atoms with Gasteiger partial charge in [-0.3, -0.25) is 4.79 Å². The minimum absolute atomic E-state index is 0.0268. The quantitative estimate of drug-likeness (QED) is 0.910. The van der Waals surface area contributed by atoms with Crippen molar-refractivity contribution in [3.8, 4) is 0 Å². The Hall–Kier alpha value is -1.18. The van der Waals surface area contributed by atoms with Crippen LogP contribution in [0.4, 0.5) is 4.39 Å². The van der Waals surface area contributed by atoms with Gasteiger partial charge < -0.3 is 5.32 Å². The summed E-state index contributed by atoms with van der Waals surface area (Å²) in [5.41, 5.74) is -0.219. The molecule has 21 heavy (non-hydrogen) atoms. The molecule has 0 spiro atoms. The fourth-order valence-electron chi connectivity index (χ4n) is 2.46. The number of sulfonamides is 1. The van der Waals surface area contributed by atoms with Crippen molar-refractivity contribution in [3.63, 3.8) is 0 Å². The average Bonchev–Trinajstić information content (AvgIpc) is 2.84. The van der Waals surface area contributed by atoms with E-state index < -0.39 is 21.7 Å². The van der Waals surface area contributed by atoms with Crippen molar-refractivity contribution in [3.05, 3.63) is 34.6 Å². The third kappa shape index (κ3) is 3.72. The number of amides is 1. The first-order valence-electron chi connectivity index (χ1n) is 6.49. The van der Waals surface area contributed by atoms with Gasteiger partial charge >= 0.3 is 0 Å². The van der Waals surface area contributed by atoms with Gasteiger partial charge in [0.2, 0.25) is 10.0 Å². The molecule has 0 aromatic heterocycles. The topological polar surface area (TPSA) is 66.5 Å². The summed E-state index contributed by atoms with van der Waals surface area (Å²) in [5.74, 6) is -1.34. The van der Waals surface area contributed by atoms with E-state index in [4.69, 9.17) is 11.6 Å². The second kappa shape index (κ2) is 6.29. The van der Waals surface area contributed by atoms with E-state index in [2.05, 4.69) is 5.32 Å². The van der Waals surface area contributed by atoms with Crippen molar-refractivity contribution in [2.75, 3.05) is 19.3 Å². The third-order valence-electron chi connectivity index (χ3n) is 3.44. The maximum atomic E-state index is 13.6. The smallest absolute Gasteiger partial charge is 0.255 e. The molecule has 5 nitrogen and oxygen atoms in total. The van der Waals surface area contributed by atoms with Crippen LogP contribution >= 0.6 is 11.6 Å². The van der Waals surface area contributed by atoms with E-state index in [-0.39, 0.29) is 23.2 Å². The third-order valence-corrected chi connectivity index (χ3v) is 5.08. The summed E-state index contributed by atoms with van der Waals surface area (Å²) in [4.78, 5) is 12.0. The zero-order valence-electron chi connectivity index (χ0n) is 11.5. The number of rotatable bonds is 4. The Labute approximate surface area is 128 Å². The number of hydrogen-bond acceptors (Lipinski definition) is 3. The van der Waals surface area contributed by atoms with Gasteiger partial charge in [0.05, 0.1) is 16.8 Å². The molecule has 1 aromatic carbocycles. The van der Waals surface area contributed by atoms with Gasteiger partial charge in [0.25, 0.3) is 5.91 Å². The molecule has 1 N–H and O–H groups in total. The molecule has 1 aromatic rings. The van der Waals surface area contributed by atoms with E-state index in [1.165, 1.54) is 16.4 Å². The van der Waals surface area contributed by atoms with Crippen LogP contribution in [0.5, 0.6) is 0 Å². The molecule has 1 fully saturated rings. The lowest BCUT2D eigenvalue weighted by molar-refractivity contribution is 0.0943. The van der Waals surface area contributed by atoms with Crippen LogP contribution in [0.3, 0.4) is 0 Å². The van der Waals surface area contributed by atoms with Crippen molar-refractivity contribution in [2.45, 2.75) is 18.9 Å². The summed E-state index contributed by atoms with van der Waals surface area (Å²) < 4.78 is 38.2. The van der Waals surface area contributed by atoms with E-state index in [0.29, 0.717) is 13.0 Å². The minimum atomic E-state index is -3.30. The molecule has 2 rings (SSSR count). The molecule has 116 valence electrons. The van der Waals surface area contributed by atoms with Crippen molar-refractivity contribution < 1.29 is 17.6 Å². The van der Waals surface area contributed by atoms with Crippen LogP contribution in [-0.4, -0.2) is 44.0 Å². The van der Waals surface area contributed by atoms with E-state index in [0.717, 1.165) is 18.7 Å². The maximum absolute atomic E-state index is 13.6. The summed E-state index contributed by atoms with van der Waals surface area (Å²) in [6, 6.07) is 3.70. The van der Waals surface area contributed by atoms with Crippen molar-refractivity contribution >= 4 is 27.5 Å². The van der Waals surface area contributed by atoms with E-state index in [9.17, 15) is 17.6 Å². The molecular formula is C13H16ClFN2O3S. The predicted molar refractivity (Wildman–Crippen MR) is 78.3 cm³/mol. The Bertz CT molecular complexity index is 631. The first-order chi connectivity index (χ1) is 9.80. The molecule has 0 saturated carbocycles. The number of halogens is 2. The molecule has 0 bridgehead atoms. The fourth-order valence-corrected chi connectivity index (χ4v) is 3.89. The number of carbonyl (C=O) groups excluding carboxylic acids is 1. The molecular weight excluding hydrogens is 319 g/mol. The monoisotopic (exact) mass is 334 g/mol. The highest BCUT2D eigenvalue weighted by Gasteiger charge is 2.31. The summed E-state index contributed by atoms with van der Waals surface area (Å²) in [6.07, 6.45) is 2.55. The molecule has 0 radical (unpaired) electrons. The minimum Gasteiger partial charge on any atom is -0.350 e. The molecule has 0 aliphatic carbocycles. The highest BCUT2D eigenvalue weighted by molar-refractivity contribution is 7.88. The summed E-state index contributed by atoms with van der Waals surface area (Å²) in [7, 11) is -3.30. The number of hydrogen-bond donors (Lipinski definition) is 1. The van der Waals surface area contributed by atoms with Gasteiger partial charge in [0.1, 0.15) is 5.82 Å². The SMILES string of the molecule is CS(=O)(=O)N1CCCC1CNC(=O)c1c(F)cccc1Cl. The van der Waals surface area contributed by atoms with Crippen LogP contribution in [0, 0.1) is 5.82 Å². The molecule has 1 saturated heterocycles. The average molecular weight is 335 g/mol. The van der Waals surface area contributed by atoms with Gasteiger partial charge in [0, 0.05) is 19.1 Å². The summed E-state index contributed by atoms with van der Waals surface area (Å²) >= 11 is 5.81. The molecule has 1 aliphatic rings. The number of nitrogens with zero attached hydrogens (tertiary/aromatic N) is 1. The lowest BCUT2D eigenvalue weighted by Crippen LogP contribution is -2.42. The van der Waals surface area contributed by atoms with E-state index in [1.54, 1.807) is 0 Å². The maximum Gasteiger partial charge on any atom is 0.255 e. The zero-order chi connectivity index (χ0) is 15.6. The van der Waals surface area contributed by atoms with Crippen molar-refractivity contribution in [1.29, 1.82) is 0 Å². The number of nitrogens with one attached hydrogen (secondary N) is 1. The Morgan fingerprint density at radius 3 is 2.86 bits per heavy atom. The van der Waals surface area contributed by atoms with E-state index in [1.807, 2.05) is 0 Å². The Balaban J connectivity index is 2.05. The standard InChI is InChI=1S/C13H16ClFN2O3S/c1-21(19,20)17-7-3-4-9(17)8-16-13(18)12-10(14)5-2-6-11(12)15/h2,5-6,9H,3-4,7-8H2,1H3,(H,16,18). The van der Waals surface area contributed by atoms with Crippen LogP contribution in [0.15, 0.2) is 18.2 Å². The molecule has 1 heterocycles. The summed E-state index contributed by atoms with van der Waals surface area (Å²) in [5, 5.41) is 2.58. The normalized spacial score (nSPS) is 19.7. The van der Waals surface area contributed by atoms with Crippen LogP contribution in [0.1, 0.15) is 23.2 Å². The molecule has 1 atom stereocenters. The second-order valence-electron chi connectivity index (χ2n) is 4.98. The highest BCUT2D eigenvalue weighted by Crippen LogP contribution is 2.21. The van der Waals surface area contributed by atoms with Crippen molar-refractivity contribution in [2.24, 2.45) is 0 Å².